The topological polar surface area (TPSA) is 84.6 Å². The van der Waals surface area contributed by atoms with Gasteiger partial charge in [0, 0.05) is 22.9 Å². The van der Waals surface area contributed by atoms with Crippen LogP contribution in [0.25, 0.3) is 33.3 Å². The van der Waals surface area contributed by atoms with Crippen LogP contribution in [0.1, 0.15) is 27.0 Å². The molecular weight excluding hydrogens is 460 g/mol. The summed E-state index contributed by atoms with van der Waals surface area (Å²) in [6.07, 6.45) is 1.97. The zero-order valence-corrected chi connectivity index (χ0v) is 20.4. The van der Waals surface area contributed by atoms with E-state index in [1.54, 1.807) is 6.07 Å². The Kier molecular flexibility index (Phi) is 6.09. The second-order valence-corrected chi connectivity index (χ2v) is 8.92. The number of aromatic carboxylic acids is 1. The van der Waals surface area contributed by atoms with Gasteiger partial charge in [-0.1, -0.05) is 48.3 Å². The first-order valence-electron chi connectivity index (χ1n) is 11.1. The Balaban J connectivity index is 1.58. The fourth-order valence-electron chi connectivity index (χ4n) is 4.21. The lowest BCUT2D eigenvalue weighted by molar-refractivity contribution is 0.0698. The minimum Gasteiger partial charge on any atom is -0.488 e. The van der Waals surface area contributed by atoms with Crippen LogP contribution >= 0.6 is 11.9 Å². The number of nitrogens with zero attached hydrogens (tertiary/aromatic N) is 1. The molecule has 0 aliphatic heterocycles. The highest BCUT2D eigenvalue weighted by molar-refractivity contribution is 7.99. The summed E-state index contributed by atoms with van der Waals surface area (Å²) in [7, 11) is 0. The van der Waals surface area contributed by atoms with Crippen LogP contribution < -0.4 is 9.46 Å². The van der Waals surface area contributed by atoms with Crippen molar-refractivity contribution in [2.24, 2.45) is 0 Å². The normalized spacial score (nSPS) is 11.2. The van der Waals surface area contributed by atoms with Gasteiger partial charge in [0.15, 0.2) is 5.76 Å². The monoisotopic (exact) mass is 484 g/mol. The van der Waals surface area contributed by atoms with Gasteiger partial charge in [-0.05, 0) is 55.3 Å². The van der Waals surface area contributed by atoms with Crippen LogP contribution in [-0.4, -0.2) is 22.3 Å². The molecule has 0 unspecified atom stereocenters. The number of furan rings is 1. The van der Waals surface area contributed by atoms with E-state index < -0.39 is 5.97 Å². The lowest BCUT2D eigenvalue weighted by Gasteiger charge is -2.14. The molecule has 6 nitrogen and oxygen atoms in total. The summed E-state index contributed by atoms with van der Waals surface area (Å²) in [5, 5.41) is 11.6. The number of carbonyl (C=O) groups is 1. The Labute approximate surface area is 207 Å². The van der Waals surface area contributed by atoms with Gasteiger partial charge in [-0.3, -0.25) is 0 Å². The maximum atomic E-state index is 12.4. The van der Waals surface area contributed by atoms with Crippen molar-refractivity contribution in [3.05, 3.63) is 89.0 Å². The number of rotatable bonds is 7. The van der Waals surface area contributed by atoms with E-state index in [1.807, 2.05) is 80.8 Å². The van der Waals surface area contributed by atoms with E-state index in [0.29, 0.717) is 34.7 Å². The van der Waals surface area contributed by atoms with Gasteiger partial charge in [0.1, 0.15) is 23.6 Å². The number of aromatic nitrogens is 1. The molecule has 0 aliphatic rings. The largest absolute Gasteiger partial charge is 0.488 e. The molecule has 0 amide bonds. The van der Waals surface area contributed by atoms with E-state index in [1.165, 1.54) is 11.9 Å². The van der Waals surface area contributed by atoms with Gasteiger partial charge >= 0.3 is 5.97 Å². The number of carboxylic acid groups (broad SMARTS) is 1. The maximum absolute atomic E-state index is 12.4. The summed E-state index contributed by atoms with van der Waals surface area (Å²) in [6, 6.07) is 20.9. The SMILES string of the molecule is CSNc1ccc(COc2ccc(C)c3nc(-c4oc5ccccc5c4C)cc(C(=O)O)c23)cc1. The summed E-state index contributed by atoms with van der Waals surface area (Å²) < 4.78 is 15.4. The van der Waals surface area contributed by atoms with Crippen molar-refractivity contribution in [1.82, 2.24) is 4.98 Å². The fourth-order valence-corrected chi connectivity index (χ4v) is 4.59. The summed E-state index contributed by atoms with van der Waals surface area (Å²) in [5.74, 6) is 0.00492. The molecule has 0 bridgehead atoms. The Hall–Kier alpha value is -3.97. The number of nitrogens with one attached hydrogen (secondary N) is 1. The second-order valence-electron chi connectivity index (χ2n) is 8.31. The number of ether oxygens (including phenoxy) is 1. The van der Waals surface area contributed by atoms with Crippen LogP contribution in [0.2, 0.25) is 0 Å². The third kappa shape index (κ3) is 4.31. The zero-order valence-electron chi connectivity index (χ0n) is 19.6. The molecular formula is C28H24N2O4S. The van der Waals surface area contributed by atoms with Crippen LogP contribution in [0.4, 0.5) is 5.69 Å². The number of hydrogen-bond acceptors (Lipinski definition) is 6. The molecule has 2 heterocycles. The minimum absolute atomic E-state index is 0.128. The van der Waals surface area contributed by atoms with Crippen LogP contribution in [0, 0.1) is 13.8 Å². The third-order valence-electron chi connectivity index (χ3n) is 6.00. The van der Waals surface area contributed by atoms with E-state index >= 15 is 0 Å². The van der Waals surface area contributed by atoms with Crippen molar-refractivity contribution in [2.75, 3.05) is 11.0 Å². The smallest absolute Gasteiger partial charge is 0.336 e. The fraction of sp³-hybridized carbons (Fsp3) is 0.143. The summed E-state index contributed by atoms with van der Waals surface area (Å²) in [5.41, 5.74) is 5.70. The first-order valence-corrected chi connectivity index (χ1v) is 12.4. The molecule has 2 aromatic heterocycles. The zero-order chi connectivity index (χ0) is 24.5. The average Bonchev–Trinajstić information content (AvgIpc) is 3.21. The van der Waals surface area contributed by atoms with Crippen molar-refractivity contribution in [1.29, 1.82) is 0 Å². The predicted octanol–water partition coefficient (Wildman–Crippen LogP) is 7.23. The molecule has 35 heavy (non-hydrogen) atoms. The molecule has 3 aromatic carbocycles. The summed E-state index contributed by atoms with van der Waals surface area (Å²) in [4.78, 5) is 17.2. The van der Waals surface area contributed by atoms with Gasteiger partial charge in [-0.25, -0.2) is 9.78 Å². The predicted molar refractivity (Wildman–Crippen MR) is 141 cm³/mol. The van der Waals surface area contributed by atoms with Crippen molar-refractivity contribution in [3.8, 4) is 17.2 Å². The molecule has 0 saturated heterocycles. The minimum atomic E-state index is -1.05. The molecule has 0 atom stereocenters. The van der Waals surface area contributed by atoms with Crippen LogP contribution in [0.15, 0.2) is 71.1 Å². The summed E-state index contributed by atoms with van der Waals surface area (Å²) >= 11 is 1.53. The lowest BCUT2D eigenvalue weighted by Crippen LogP contribution is -2.04. The number of para-hydroxylation sites is 1. The number of aryl methyl sites for hydroxylation is 2. The van der Waals surface area contributed by atoms with E-state index in [0.717, 1.165) is 33.3 Å². The first kappa shape index (κ1) is 22.8. The molecule has 0 radical (unpaired) electrons. The number of anilines is 1. The highest BCUT2D eigenvalue weighted by atomic mass is 32.2. The number of pyridine rings is 1. The van der Waals surface area contributed by atoms with Crippen LogP contribution in [-0.2, 0) is 6.61 Å². The van der Waals surface area contributed by atoms with Crippen LogP contribution in [0.5, 0.6) is 5.75 Å². The van der Waals surface area contributed by atoms with Crippen molar-refractivity contribution < 1.29 is 19.1 Å². The molecule has 2 N–H and O–H groups in total. The standard InChI is InChI=1S/C28H24N2O4S/c1-16-8-13-24(33-15-18-9-11-19(12-10-18)30-35-3)25-21(28(31)32)14-22(29-26(16)25)27-17(2)20-6-4-5-7-23(20)34-27/h4-14,30H,15H2,1-3H3,(H,31,32). The van der Waals surface area contributed by atoms with Gasteiger partial charge in [0.25, 0.3) is 0 Å². The summed E-state index contributed by atoms with van der Waals surface area (Å²) in [6.45, 7) is 4.18. The van der Waals surface area contributed by atoms with Gasteiger partial charge < -0.3 is 19.0 Å². The van der Waals surface area contributed by atoms with E-state index in [2.05, 4.69) is 4.72 Å². The van der Waals surface area contributed by atoms with Crippen molar-refractivity contribution in [3.63, 3.8) is 0 Å². The highest BCUT2D eigenvalue weighted by Gasteiger charge is 2.21. The Morgan fingerprint density at radius 3 is 2.57 bits per heavy atom. The number of fused-ring (bicyclic) bond motifs is 2. The molecule has 0 saturated carbocycles. The van der Waals surface area contributed by atoms with Gasteiger partial charge in [0.2, 0.25) is 0 Å². The number of benzene rings is 3. The molecule has 0 spiro atoms. The maximum Gasteiger partial charge on any atom is 0.336 e. The first-order chi connectivity index (χ1) is 17.0. The lowest BCUT2D eigenvalue weighted by atomic mass is 10.0. The molecule has 0 fully saturated rings. The average molecular weight is 485 g/mol. The van der Waals surface area contributed by atoms with E-state index in [-0.39, 0.29) is 5.56 Å². The number of hydrogen-bond donors (Lipinski definition) is 2. The van der Waals surface area contributed by atoms with E-state index in [4.69, 9.17) is 14.1 Å². The van der Waals surface area contributed by atoms with E-state index in [9.17, 15) is 9.90 Å². The van der Waals surface area contributed by atoms with Gasteiger partial charge in [0.05, 0.1) is 16.5 Å². The molecule has 176 valence electrons. The van der Waals surface area contributed by atoms with Crippen LogP contribution in [0.3, 0.4) is 0 Å². The number of carboxylic acids is 1. The highest BCUT2D eigenvalue weighted by Crippen LogP contribution is 2.37. The molecule has 7 heteroatoms. The molecule has 5 rings (SSSR count). The Morgan fingerprint density at radius 2 is 1.86 bits per heavy atom. The van der Waals surface area contributed by atoms with Gasteiger partial charge in [-0.2, -0.15) is 0 Å². The molecule has 0 aliphatic carbocycles. The second kappa shape index (κ2) is 9.35. The quantitative estimate of drug-likeness (QED) is 0.236. The van der Waals surface area contributed by atoms with Crippen molar-refractivity contribution in [2.45, 2.75) is 20.5 Å². The van der Waals surface area contributed by atoms with Gasteiger partial charge in [-0.15, -0.1) is 0 Å². The Bertz CT molecular complexity index is 1560. The third-order valence-corrected chi connectivity index (χ3v) is 6.44. The Morgan fingerprint density at radius 1 is 1.09 bits per heavy atom. The van der Waals surface area contributed by atoms with Crippen molar-refractivity contribution >= 4 is 45.5 Å². The molecule has 5 aromatic rings.